The zero-order valence-electron chi connectivity index (χ0n) is 4.93. The molecule has 9 heavy (non-hydrogen) atoms. The number of rotatable bonds is 0. The highest BCUT2D eigenvalue weighted by atomic mass is 127. The second kappa shape index (κ2) is 1.62. The lowest BCUT2D eigenvalue weighted by Gasteiger charge is -2.08. The topological polar surface area (TPSA) is 0 Å². The van der Waals surface area contributed by atoms with E-state index >= 15 is 0 Å². The van der Waals surface area contributed by atoms with Crippen LogP contribution in [0.4, 0.5) is 0 Å². The number of alkyl halides is 2. The Balaban J connectivity index is 2.07. The number of hydrogen-bond donors (Lipinski definition) is 0. The van der Waals surface area contributed by atoms with Gasteiger partial charge in [-0.05, 0) is 30.1 Å². The lowest BCUT2D eigenvalue weighted by molar-refractivity contribution is 0.651. The average Bonchev–Trinajstić information content (AvgIpc) is 2.18. The lowest BCUT2D eigenvalue weighted by Crippen LogP contribution is -2.09. The molecule has 0 heterocycles. The molecule has 4 saturated carbocycles. The highest BCUT2D eigenvalue weighted by molar-refractivity contribution is 14.1. The second-order valence-corrected chi connectivity index (χ2v) is 6.48. The quantitative estimate of drug-likeness (QED) is 0.467. The van der Waals surface area contributed by atoms with Crippen molar-refractivity contribution in [3.63, 3.8) is 0 Å². The Kier molecular flexibility index (Phi) is 1.08. The third-order valence-corrected chi connectivity index (χ3v) is 6.90. The van der Waals surface area contributed by atoms with Crippen LogP contribution in [0.25, 0.3) is 0 Å². The fraction of sp³-hybridized carbons (Fsp3) is 1.00. The zero-order chi connectivity index (χ0) is 6.17. The molecule has 0 aromatic heterocycles. The summed E-state index contributed by atoms with van der Waals surface area (Å²) in [5.41, 5.74) is 0. The maximum Gasteiger partial charge on any atom is 0.0182 e. The van der Waals surface area contributed by atoms with E-state index < -0.39 is 0 Å². The molecule has 0 spiro atoms. The largest absolute Gasteiger partial charge is 0.0820 e. The van der Waals surface area contributed by atoms with Gasteiger partial charge in [-0.2, -0.15) is 0 Å². The maximum absolute atomic E-state index is 2.68. The van der Waals surface area contributed by atoms with Gasteiger partial charge in [-0.25, -0.2) is 0 Å². The van der Waals surface area contributed by atoms with Crippen LogP contribution >= 0.6 is 45.2 Å². The summed E-state index contributed by atoms with van der Waals surface area (Å²) in [6.45, 7) is 0. The Morgan fingerprint density at radius 2 is 1.44 bits per heavy atom. The van der Waals surface area contributed by atoms with Gasteiger partial charge in [-0.15, -0.1) is 0 Å². The molecule has 0 aromatic carbocycles. The Morgan fingerprint density at radius 1 is 0.889 bits per heavy atom. The first-order valence-corrected chi connectivity index (χ1v) is 6.08. The summed E-state index contributed by atoms with van der Waals surface area (Å²) in [4.78, 5) is 0. The highest BCUT2D eigenvalue weighted by Gasteiger charge is 2.72. The van der Waals surface area contributed by atoms with E-state index in [1.807, 2.05) is 0 Å². The molecular formula is C7H8I2. The van der Waals surface area contributed by atoms with Crippen molar-refractivity contribution in [3.8, 4) is 0 Å². The van der Waals surface area contributed by atoms with E-state index in [0.29, 0.717) is 0 Å². The molecule has 4 unspecified atom stereocenters. The normalized spacial score (nSPS) is 75.3. The van der Waals surface area contributed by atoms with Crippen molar-refractivity contribution >= 4 is 45.2 Å². The average molecular weight is 346 g/mol. The van der Waals surface area contributed by atoms with Crippen LogP contribution in [-0.4, -0.2) is 7.85 Å². The van der Waals surface area contributed by atoms with Gasteiger partial charge in [0.15, 0.2) is 0 Å². The van der Waals surface area contributed by atoms with Crippen molar-refractivity contribution < 1.29 is 0 Å². The standard InChI is InChI=1S/C7H8I2/c8-6-3-1-2-4(6)5(2)7(3)9/h2-7H,1H2. The van der Waals surface area contributed by atoms with E-state index in [0.717, 1.165) is 13.8 Å². The molecule has 4 bridgehead atoms. The summed E-state index contributed by atoms with van der Waals surface area (Å²) in [5, 5.41) is 0. The zero-order valence-corrected chi connectivity index (χ0v) is 9.24. The lowest BCUT2D eigenvalue weighted by atomic mass is 10.1. The van der Waals surface area contributed by atoms with Crippen LogP contribution in [0.2, 0.25) is 0 Å². The van der Waals surface area contributed by atoms with Gasteiger partial charge in [0.1, 0.15) is 0 Å². The van der Waals surface area contributed by atoms with Gasteiger partial charge in [-0.1, -0.05) is 45.2 Å². The van der Waals surface area contributed by atoms with Crippen molar-refractivity contribution in [2.45, 2.75) is 14.3 Å². The van der Waals surface area contributed by atoms with Gasteiger partial charge in [0, 0.05) is 7.85 Å². The Hall–Kier alpha value is 1.46. The van der Waals surface area contributed by atoms with Crippen LogP contribution in [0, 0.1) is 23.7 Å². The summed E-state index contributed by atoms with van der Waals surface area (Å²) in [5.74, 6) is 4.67. The van der Waals surface area contributed by atoms with Crippen molar-refractivity contribution in [3.05, 3.63) is 0 Å². The van der Waals surface area contributed by atoms with Crippen LogP contribution in [0.5, 0.6) is 0 Å². The van der Waals surface area contributed by atoms with Gasteiger partial charge in [0.2, 0.25) is 0 Å². The SMILES string of the molecule is IC1C2CC3C1C3C2I. The molecule has 0 saturated heterocycles. The summed E-state index contributed by atoms with van der Waals surface area (Å²) in [7, 11) is 0. The van der Waals surface area contributed by atoms with E-state index in [2.05, 4.69) is 45.2 Å². The molecule has 4 atom stereocenters. The van der Waals surface area contributed by atoms with Gasteiger partial charge >= 0.3 is 0 Å². The first kappa shape index (κ1) is 6.03. The Bertz CT molecular complexity index is 148. The van der Waals surface area contributed by atoms with E-state index in [-0.39, 0.29) is 0 Å². The monoisotopic (exact) mass is 346 g/mol. The fourth-order valence-corrected chi connectivity index (χ4v) is 7.26. The summed E-state index contributed by atoms with van der Waals surface area (Å²) in [6, 6.07) is 0. The molecule has 0 aliphatic heterocycles. The summed E-state index contributed by atoms with van der Waals surface area (Å²) >= 11 is 5.36. The molecule has 4 aliphatic carbocycles. The van der Waals surface area contributed by atoms with Crippen LogP contribution in [-0.2, 0) is 0 Å². The predicted molar refractivity (Wildman–Crippen MR) is 54.2 cm³/mol. The van der Waals surface area contributed by atoms with Crippen molar-refractivity contribution in [1.82, 2.24) is 0 Å². The van der Waals surface area contributed by atoms with Crippen LogP contribution in [0.1, 0.15) is 6.42 Å². The minimum atomic E-state index is 1.07. The van der Waals surface area contributed by atoms with Gasteiger partial charge < -0.3 is 0 Å². The van der Waals surface area contributed by atoms with Crippen molar-refractivity contribution in [2.75, 3.05) is 0 Å². The van der Waals surface area contributed by atoms with E-state index in [1.165, 1.54) is 17.8 Å². The van der Waals surface area contributed by atoms with E-state index in [4.69, 9.17) is 0 Å². The van der Waals surface area contributed by atoms with E-state index in [1.54, 1.807) is 6.42 Å². The predicted octanol–water partition coefficient (Wildman–Crippen LogP) is 2.49. The first-order valence-electron chi connectivity index (χ1n) is 3.59. The molecule has 0 amide bonds. The van der Waals surface area contributed by atoms with Crippen LogP contribution in [0.15, 0.2) is 0 Å². The van der Waals surface area contributed by atoms with Crippen LogP contribution < -0.4 is 0 Å². The molecule has 4 aliphatic rings. The first-order chi connectivity index (χ1) is 4.30. The van der Waals surface area contributed by atoms with Crippen molar-refractivity contribution in [1.29, 1.82) is 0 Å². The number of hydrogen-bond acceptors (Lipinski definition) is 0. The van der Waals surface area contributed by atoms with Gasteiger partial charge in [-0.3, -0.25) is 0 Å². The Labute approximate surface area is 82.4 Å². The Morgan fingerprint density at radius 3 is 1.56 bits per heavy atom. The van der Waals surface area contributed by atoms with Crippen LogP contribution in [0.3, 0.4) is 0 Å². The number of halogens is 2. The third kappa shape index (κ3) is 0.532. The maximum atomic E-state index is 2.68. The third-order valence-electron chi connectivity index (χ3n) is 3.39. The minimum Gasteiger partial charge on any atom is -0.0820 e. The minimum absolute atomic E-state index is 1.07. The molecule has 0 N–H and O–H groups in total. The molecule has 2 heteroatoms. The molecule has 0 nitrogen and oxygen atoms in total. The fourth-order valence-electron chi connectivity index (χ4n) is 2.96. The molecule has 50 valence electrons. The molecule has 0 aromatic rings. The second-order valence-electron chi connectivity index (χ2n) is 3.61. The summed E-state index contributed by atoms with van der Waals surface area (Å²) in [6.07, 6.45) is 1.58. The highest BCUT2D eigenvalue weighted by Crippen LogP contribution is 2.74. The molecule has 0 radical (unpaired) electrons. The smallest absolute Gasteiger partial charge is 0.0182 e. The van der Waals surface area contributed by atoms with E-state index in [9.17, 15) is 0 Å². The molecule has 4 rings (SSSR count). The summed E-state index contributed by atoms with van der Waals surface area (Å²) < 4.78 is 2.14. The van der Waals surface area contributed by atoms with Crippen molar-refractivity contribution in [2.24, 2.45) is 23.7 Å². The van der Waals surface area contributed by atoms with Gasteiger partial charge in [0.05, 0.1) is 0 Å². The molecular weight excluding hydrogens is 338 g/mol. The van der Waals surface area contributed by atoms with Gasteiger partial charge in [0.25, 0.3) is 0 Å². The molecule has 4 fully saturated rings.